The zero-order chi connectivity index (χ0) is 21.5. The van der Waals surface area contributed by atoms with Crippen LogP contribution in [0.5, 0.6) is 0 Å². The molecule has 0 amide bonds. The molecular formula is C23H37ClN4O2. The van der Waals surface area contributed by atoms with Crippen LogP contribution in [0, 0.1) is 0 Å². The molecule has 1 aromatic carbocycles. The molecule has 2 aliphatic heterocycles. The second kappa shape index (κ2) is 10.8. The van der Waals surface area contributed by atoms with E-state index >= 15 is 0 Å². The minimum Gasteiger partial charge on any atom is -0.381 e. The lowest BCUT2D eigenvalue weighted by Gasteiger charge is -2.40. The van der Waals surface area contributed by atoms with Crippen LogP contribution in [0.4, 0.5) is 0 Å². The van der Waals surface area contributed by atoms with E-state index in [-0.39, 0.29) is 11.0 Å². The molecule has 2 heterocycles. The number of nitrogens with zero attached hydrogens (tertiary/aromatic N) is 2. The van der Waals surface area contributed by atoms with Crippen molar-refractivity contribution in [3.05, 3.63) is 34.9 Å². The Kier molecular flexibility index (Phi) is 8.40. The number of ether oxygens (including phenoxy) is 2. The lowest BCUT2D eigenvalue weighted by Crippen LogP contribution is -2.52. The Hall–Kier alpha value is -1.34. The Balaban J connectivity index is 1.71. The van der Waals surface area contributed by atoms with Gasteiger partial charge in [0.1, 0.15) is 0 Å². The number of rotatable bonds is 7. The number of guanidine groups is 1. The maximum atomic E-state index is 6.60. The highest BCUT2D eigenvalue weighted by atomic mass is 35.5. The highest BCUT2D eigenvalue weighted by Gasteiger charge is 2.36. The SMILES string of the molecule is CCNC(=NCC(C)(C)N1CCOCC1)NCC1(c2ccccc2Cl)CCOCC1. The third-order valence-electron chi connectivity index (χ3n) is 6.32. The van der Waals surface area contributed by atoms with Gasteiger partial charge in [-0.3, -0.25) is 9.89 Å². The van der Waals surface area contributed by atoms with E-state index < -0.39 is 0 Å². The van der Waals surface area contributed by atoms with Gasteiger partial charge in [-0.1, -0.05) is 29.8 Å². The van der Waals surface area contributed by atoms with Gasteiger partial charge in [-0.15, -0.1) is 0 Å². The van der Waals surface area contributed by atoms with Crippen LogP contribution in [0.25, 0.3) is 0 Å². The first-order valence-corrected chi connectivity index (χ1v) is 11.5. The van der Waals surface area contributed by atoms with Gasteiger partial charge in [0.15, 0.2) is 5.96 Å². The molecule has 0 aromatic heterocycles. The molecule has 30 heavy (non-hydrogen) atoms. The van der Waals surface area contributed by atoms with Crippen molar-refractivity contribution in [3.63, 3.8) is 0 Å². The van der Waals surface area contributed by atoms with Gasteiger partial charge in [0.05, 0.1) is 19.8 Å². The summed E-state index contributed by atoms with van der Waals surface area (Å²) in [6, 6.07) is 8.20. The van der Waals surface area contributed by atoms with Crippen molar-refractivity contribution in [2.24, 2.45) is 4.99 Å². The van der Waals surface area contributed by atoms with Crippen LogP contribution in [-0.2, 0) is 14.9 Å². The fraction of sp³-hybridized carbons (Fsp3) is 0.696. The average molecular weight is 437 g/mol. The van der Waals surface area contributed by atoms with E-state index in [0.29, 0.717) is 0 Å². The molecule has 1 aromatic rings. The smallest absolute Gasteiger partial charge is 0.191 e. The van der Waals surface area contributed by atoms with Gasteiger partial charge >= 0.3 is 0 Å². The summed E-state index contributed by atoms with van der Waals surface area (Å²) in [6.45, 7) is 14.0. The Morgan fingerprint density at radius 2 is 1.77 bits per heavy atom. The van der Waals surface area contributed by atoms with Crippen LogP contribution >= 0.6 is 11.6 Å². The van der Waals surface area contributed by atoms with E-state index in [1.54, 1.807) is 0 Å². The van der Waals surface area contributed by atoms with Crippen LogP contribution in [0.1, 0.15) is 39.2 Å². The average Bonchev–Trinajstić information content (AvgIpc) is 2.77. The number of benzene rings is 1. The standard InChI is InChI=1S/C23H37ClN4O2/c1-4-25-21(26-17-22(2,3)28-11-15-30-16-12-28)27-18-23(9-13-29-14-10-23)19-7-5-6-8-20(19)24/h5-8H,4,9-18H2,1-3H3,(H2,25,26,27). The molecule has 7 heteroatoms. The van der Waals surface area contributed by atoms with Crippen LogP contribution in [0.3, 0.4) is 0 Å². The maximum Gasteiger partial charge on any atom is 0.191 e. The van der Waals surface area contributed by atoms with E-state index in [4.69, 9.17) is 26.1 Å². The van der Waals surface area contributed by atoms with Crippen LogP contribution in [-0.4, -0.2) is 75.5 Å². The number of hydrogen-bond donors (Lipinski definition) is 2. The van der Waals surface area contributed by atoms with Crippen LogP contribution < -0.4 is 10.6 Å². The molecular weight excluding hydrogens is 400 g/mol. The van der Waals surface area contributed by atoms with Gasteiger partial charge < -0.3 is 20.1 Å². The Bertz CT molecular complexity index is 698. The molecule has 2 aliphatic rings. The number of morpholine rings is 1. The zero-order valence-electron chi connectivity index (χ0n) is 18.7. The van der Waals surface area contributed by atoms with Gasteiger partial charge in [0.2, 0.25) is 0 Å². The lowest BCUT2D eigenvalue weighted by atomic mass is 9.74. The Morgan fingerprint density at radius 1 is 1.10 bits per heavy atom. The minimum atomic E-state index is -0.0491. The summed E-state index contributed by atoms with van der Waals surface area (Å²) in [6.07, 6.45) is 1.89. The van der Waals surface area contributed by atoms with Crippen molar-refractivity contribution in [3.8, 4) is 0 Å². The molecule has 2 saturated heterocycles. The Morgan fingerprint density at radius 3 is 2.43 bits per heavy atom. The predicted molar refractivity (Wildman–Crippen MR) is 124 cm³/mol. The highest BCUT2D eigenvalue weighted by Crippen LogP contribution is 2.38. The fourth-order valence-corrected chi connectivity index (χ4v) is 4.67. The molecule has 2 fully saturated rings. The number of aliphatic imine (C=N–C) groups is 1. The van der Waals surface area contributed by atoms with E-state index in [2.05, 4.69) is 48.4 Å². The predicted octanol–water partition coefficient (Wildman–Crippen LogP) is 3.05. The fourth-order valence-electron chi connectivity index (χ4n) is 4.33. The van der Waals surface area contributed by atoms with Gasteiger partial charge in [-0.05, 0) is 45.2 Å². The van der Waals surface area contributed by atoms with Crippen molar-refractivity contribution in [1.29, 1.82) is 0 Å². The normalized spacial score (nSPS) is 20.7. The first-order chi connectivity index (χ1) is 14.5. The van der Waals surface area contributed by atoms with Crippen LogP contribution in [0.15, 0.2) is 29.3 Å². The molecule has 0 aliphatic carbocycles. The first kappa shape index (κ1) is 23.3. The molecule has 2 N–H and O–H groups in total. The highest BCUT2D eigenvalue weighted by molar-refractivity contribution is 6.31. The van der Waals surface area contributed by atoms with Gasteiger partial charge in [-0.2, -0.15) is 0 Å². The molecule has 6 nitrogen and oxygen atoms in total. The largest absolute Gasteiger partial charge is 0.381 e. The molecule has 168 valence electrons. The third kappa shape index (κ3) is 5.88. The molecule has 0 spiro atoms. The zero-order valence-corrected chi connectivity index (χ0v) is 19.4. The molecule has 0 radical (unpaired) electrons. The molecule has 3 rings (SSSR count). The van der Waals surface area contributed by atoms with Gasteiger partial charge in [0, 0.05) is 55.4 Å². The lowest BCUT2D eigenvalue weighted by molar-refractivity contribution is -0.00684. The third-order valence-corrected chi connectivity index (χ3v) is 6.65. The quantitative estimate of drug-likeness (QED) is 0.508. The van der Waals surface area contributed by atoms with Gasteiger partial charge in [-0.25, -0.2) is 0 Å². The summed E-state index contributed by atoms with van der Waals surface area (Å²) in [4.78, 5) is 7.41. The van der Waals surface area contributed by atoms with Crippen molar-refractivity contribution < 1.29 is 9.47 Å². The van der Waals surface area contributed by atoms with E-state index in [0.717, 1.165) is 83.0 Å². The summed E-state index contributed by atoms with van der Waals surface area (Å²) in [5.74, 6) is 0.858. The maximum absolute atomic E-state index is 6.60. The van der Waals surface area contributed by atoms with Gasteiger partial charge in [0.25, 0.3) is 0 Å². The second-order valence-electron chi connectivity index (χ2n) is 8.83. The molecule has 0 atom stereocenters. The van der Waals surface area contributed by atoms with E-state index in [1.165, 1.54) is 5.56 Å². The first-order valence-electron chi connectivity index (χ1n) is 11.1. The molecule has 0 saturated carbocycles. The number of halogens is 1. The summed E-state index contributed by atoms with van der Waals surface area (Å²) in [5, 5.41) is 7.86. The summed E-state index contributed by atoms with van der Waals surface area (Å²) < 4.78 is 11.2. The van der Waals surface area contributed by atoms with Crippen molar-refractivity contribution in [2.45, 2.75) is 44.6 Å². The monoisotopic (exact) mass is 436 g/mol. The summed E-state index contributed by atoms with van der Waals surface area (Å²) >= 11 is 6.60. The number of nitrogens with one attached hydrogen (secondary N) is 2. The van der Waals surface area contributed by atoms with Crippen molar-refractivity contribution >= 4 is 17.6 Å². The summed E-state index contributed by atoms with van der Waals surface area (Å²) in [5.41, 5.74) is 1.14. The molecule has 0 bridgehead atoms. The van der Waals surface area contributed by atoms with Crippen LogP contribution in [0.2, 0.25) is 5.02 Å². The minimum absolute atomic E-state index is 0.00870. The molecule has 0 unspecified atom stereocenters. The number of hydrogen-bond acceptors (Lipinski definition) is 4. The second-order valence-corrected chi connectivity index (χ2v) is 9.24. The van der Waals surface area contributed by atoms with Crippen molar-refractivity contribution in [1.82, 2.24) is 15.5 Å². The Labute approximate surface area is 186 Å². The van der Waals surface area contributed by atoms with E-state index in [9.17, 15) is 0 Å². The summed E-state index contributed by atoms with van der Waals surface area (Å²) in [7, 11) is 0. The topological polar surface area (TPSA) is 58.1 Å². The van der Waals surface area contributed by atoms with E-state index in [1.807, 2.05) is 12.1 Å². The van der Waals surface area contributed by atoms with Crippen molar-refractivity contribution in [2.75, 3.05) is 59.2 Å².